The summed E-state index contributed by atoms with van der Waals surface area (Å²) in [6, 6.07) is 10.5. The molecule has 1 aromatic carbocycles. The van der Waals surface area contributed by atoms with Gasteiger partial charge in [-0.15, -0.1) is 24.0 Å². The number of hydrogen-bond acceptors (Lipinski definition) is 2. The highest BCUT2D eigenvalue weighted by Gasteiger charge is 2.31. The summed E-state index contributed by atoms with van der Waals surface area (Å²) in [6.07, 6.45) is 4.00. The van der Waals surface area contributed by atoms with E-state index in [-0.39, 0.29) is 29.4 Å². The fourth-order valence-corrected chi connectivity index (χ4v) is 3.06. The van der Waals surface area contributed by atoms with Gasteiger partial charge in [0.25, 0.3) is 0 Å². The summed E-state index contributed by atoms with van der Waals surface area (Å²) >= 11 is 0. The first-order valence-corrected chi connectivity index (χ1v) is 8.75. The van der Waals surface area contributed by atoms with Gasteiger partial charge in [-0.25, -0.2) is 0 Å². The molecule has 0 spiro atoms. The van der Waals surface area contributed by atoms with Crippen LogP contribution in [-0.2, 0) is 5.41 Å². The van der Waals surface area contributed by atoms with Crippen molar-refractivity contribution in [2.45, 2.75) is 57.5 Å². The van der Waals surface area contributed by atoms with Crippen LogP contribution in [0.3, 0.4) is 0 Å². The summed E-state index contributed by atoms with van der Waals surface area (Å²) in [6.45, 7) is 8.56. The maximum absolute atomic E-state index is 10.5. The summed E-state index contributed by atoms with van der Waals surface area (Å²) in [5.41, 5.74) is 0.702. The molecule has 3 N–H and O–H groups in total. The monoisotopic (exact) mass is 445 g/mol. The topological polar surface area (TPSA) is 56.7 Å². The Hall–Kier alpha value is -0.820. The third-order valence-electron chi connectivity index (χ3n) is 4.65. The van der Waals surface area contributed by atoms with E-state index >= 15 is 0 Å². The van der Waals surface area contributed by atoms with Crippen molar-refractivity contribution in [3.05, 3.63) is 35.9 Å². The van der Waals surface area contributed by atoms with Crippen molar-refractivity contribution in [3.63, 3.8) is 0 Å². The first kappa shape index (κ1) is 21.2. The minimum atomic E-state index is -0.564. The highest BCUT2D eigenvalue weighted by Crippen LogP contribution is 2.28. The number of nitrogens with one attached hydrogen (secondary N) is 2. The summed E-state index contributed by atoms with van der Waals surface area (Å²) < 4.78 is 0. The molecule has 0 unspecified atom stereocenters. The molecule has 0 atom stereocenters. The Kier molecular flexibility index (Phi) is 8.50. The van der Waals surface area contributed by atoms with Gasteiger partial charge < -0.3 is 15.7 Å². The molecule has 1 saturated carbocycles. The number of benzene rings is 1. The van der Waals surface area contributed by atoms with E-state index in [2.05, 4.69) is 55.7 Å². The molecule has 0 aliphatic heterocycles. The lowest BCUT2D eigenvalue weighted by atomic mass is 9.85. The maximum Gasteiger partial charge on any atom is 0.191 e. The smallest absolute Gasteiger partial charge is 0.191 e. The van der Waals surface area contributed by atoms with Gasteiger partial charge in [0.15, 0.2) is 5.96 Å². The van der Waals surface area contributed by atoms with Crippen LogP contribution in [0.2, 0.25) is 0 Å². The minimum absolute atomic E-state index is 0. The Labute approximate surface area is 163 Å². The van der Waals surface area contributed by atoms with Crippen LogP contribution >= 0.6 is 24.0 Å². The molecule has 0 amide bonds. The summed E-state index contributed by atoms with van der Waals surface area (Å²) in [5.74, 6) is 0.789. The number of halogens is 1. The molecule has 136 valence electrons. The molecule has 0 aromatic heterocycles. The number of guanidine groups is 1. The van der Waals surface area contributed by atoms with Crippen LogP contribution in [0.25, 0.3) is 0 Å². The standard InChI is InChI=1S/C19H31N3O.HI/c1-4-20-17(22-15-19(23)12-8-9-13-19)21-14-18(2,3)16-10-6-5-7-11-16;/h5-7,10-11,23H,4,8-9,12-15H2,1-3H3,(H2,20,21,22);1H. The number of aliphatic hydroxyl groups is 1. The Morgan fingerprint density at radius 2 is 1.79 bits per heavy atom. The average molecular weight is 445 g/mol. The van der Waals surface area contributed by atoms with E-state index < -0.39 is 5.60 Å². The SMILES string of the molecule is CCNC(=NCC(C)(C)c1ccccc1)NCC1(O)CCCC1.I. The normalized spacial score (nSPS) is 17.2. The Bertz CT molecular complexity index is 511. The molecular formula is C19H32IN3O. The average Bonchev–Trinajstić information content (AvgIpc) is 2.98. The summed E-state index contributed by atoms with van der Waals surface area (Å²) in [7, 11) is 0. The zero-order chi connectivity index (χ0) is 16.8. The third-order valence-corrected chi connectivity index (χ3v) is 4.65. The van der Waals surface area contributed by atoms with E-state index in [9.17, 15) is 5.11 Å². The van der Waals surface area contributed by atoms with Crippen LogP contribution in [0, 0.1) is 0 Å². The number of nitrogens with zero attached hydrogens (tertiary/aromatic N) is 1. The molecule has 5 heteroatoms. The molecule has 0 heterocycles. The van der Waals surface area contributed by atoms with Gasteiger partial charge in [0.05, 0.1) is 12.1 Å². The maximum atomic E-state index is 10.5. The second kappa shape index (κ2) is 9.61. The highest BCUT2D eigenvalue weighted by molar-refractivity contribution is 14.0. The zero-order valence-corrected chi connectivity index (χ0v) is 17.5. The molecule has 1 fully saturated rings. The number of hydrogen-bond donors (Lipinski definition) is 3. The molecule has 0 bridgehead atoms. The largest absolute Gasteiger partial charge is 0.388 e. The van der Waals surface area contributed by atoms with Crippen molar-refractivity contribution in [2.24, 2.45) is 4.99 Å². The van der Waals surface area contributed by atoms with E-state index in [1.807, 2.05) is 6.07 Å². The molecule has 2 rings (SSSR count). The van der Waals surface area contributed by atoms with Crippen LogP contribution in [0.1, 0.15) is 52.0 Å². The quantitative estimate of drug-likeness (QED) is 0.357. The zero-order valence-electron chi connectivity index (χ0n) is 15.1. The van der Waals surface area contributed by atoms with Crippen molar-refractivity contribution < 1.29 is 5.11 Å². The van der Waals surface area contributed by atoms with E-state index in [1.54, 1.807) is 0 Å². The second-order valence-electron chi connectivity index (χ2n) is 7.23. The predicted molar refractivity (Wildman–Crippen MR) is 112 cm³/mol. The first-order valence-electron chi connectivity index (χ1n) is 8.75. The summed E-state index contributed by atoms with van der Waals surface area (Å²) in [5, 5.41) is 17.1. The van der Waals surface area contributed by atoms with Crippen molar-refractivity contribution in [2.75, 3.05) is 19.6 Å². The lowest BCUT2D eigenvalue weighted by molar-refractivity contribution is 0.0522. The molecule has 0 radical (unpaired) electrons. The van der Waals surface area contributed by atoms with E-state index in [0.717, 1.165) is 38.2 Å². The van der Waals surface area contributed by atoms with Crippen molar-refractivity contribution >= 4 is 29.9 Å². The fourth-order valence-electron chi connectivity index (χ4n) is 3.06. The van der Waals surface area contributed by atoms with Crippen LogP contribution < -0.4 is 10.6 Å². The predicted octanol–water partition coefficient (Wildman–Crippen LogP) is 3.44. The lowest BCUT2D eigenvalue weighted by Crippen LogP contribution is -2.46. The van der Waals surface area contributed by atoms with E-state index in [1.165, 1.54) is 5.56 Å². The van der Waals surface area contributed by atoms with Gasteiger partial charge in [-0.2, -0.15) is 0 Å². The molecule has 4 nitrogen and oxygen atoms in total. The van der Waals surface area contributed by atoms with Gasteiger partial charge in [-0.3, -0.25) is 4.99 Å². The van der Waals surface area contributed by atoms with Crippen LogP contribution in [0.15, 0.2) is 35.3 Å². The van der Waals surface area contributed by atoms with Gasteiger partial charge in [0.1, 0.15) is 0 Å². The molecule has 1 aliphatic rings. The van der Waals surface area contributed by atoms with Gasteiger partial charge in [0.2, 0.25) is 0 Å². The number of aliphatic imine (C=N–C) groups is 1. The van der Waals surface area contributed by atoms with E-state index in [4.69, 9.17) is 4.99 Å². The molecule has 0 saturated heterocycles. The van der Waals surface area contributed by atoms with E-state index in [0.29, 0.717) is 13.1 Å². The highest BCUT2D eigenvalue weighted by atomic mass is 127. The van der Waals surface area contributed by atoms with Crippen LogP contribution in [0.5, 0.6) is 0 Å². The second-order valence-corrected chi connectivity index (χ2v) is 7.23. The number of rotatable bonds is 6. The molecule has 1 aromatic rings. The molecular weight excluding hydrogens is 413 g/mol. The van der Waals surface area contributed by atoms with Crippen molar-refractivity contribution in [1.29, 1.82) is 0 Å². The van der Waals surface area contributed by atoms with Gasteiger partial charge in [-0.05, 0) is 25.3 Å². The van der Waals surface area contributed by atoms with Gasteiger partial charge in [0, 0.05) is 18.5 Å². The van der Waals surface area contributed by atoms with Crippen LogP contribution in [0.4, 0.5) is 0 Å². The van der Waals surface area contributed by atoms with Crippen LogP contribution in [-0.4, -0.2) is 36.3 Å². The Balaban J connectivity index is 0.00000288. The van der Waals surface area contributed by atoms with Crippen molar-refractivity contribution in [3.8, 4) is 0 Å². The molecule has 1 aliphatic carbocycles. The Morgan fingerprint density at radius 3 is 2.38 bits per heavy atom. The van der Waals surface area contributed by atoms with Gasteiger partial charge >= 0.3 is 0 Å². The minimum Gasteiger partial charge on any atom is -0.388 e. The summed E-state index contributed by atoms with van der Waals surface area (Å²) in [4.78, 5) is 4.74. The molecule has 24 heavy (non-hydrogen) atoms. The first-order chi connectivity index (χ1) is 11.0. The third kappa shape index (κ3) is 6.24. The van der Waals surface area contributed by atoms with Gasteiger partial charge in [-0.1, -0.05) is 57.0 Å². The fraction of sp³-hybridized carbons (Fsp3) is 0.632. The lowest BCUT2D eigenvalue weighted by Gasteiger charge is -2.26. The van der Waals surface area contributed by atoms with Crippen molar-refractivity contribution in [1.82, 2.24) is 10.6 Å². The Morgan fingerprint density at radius 1 is 1.17 bits per heavy atom.